The first kappa shape index (κ1) is 19.5. The number of carbonyl (C=O) groups is 1. The molecule has 0 saturated carbocycles. The molecule has 3 aromatic rings. The highest BCUT2D eigenvalue weighted by molar-refractivity contribution is 5.92. The number of hydrogen-bond donors (Lipinski definition) is 1. The van der Waals surface area contributed by atoms with Crippen molar-refractivity contribution in [2.75, 3.05) is 20.3 Å². The summed E-state index contributed by atoms with van der Waals surface area (Å²) < 4.78 is 16.7. The average Bonchev–Trinajstić information content (AvgIpc) is 2.81. The van der Waals surface area contributed by atoms with Gasteiger partial charge in [0.05, 0.1) is 18.8 Å². The van der Waals surface area contributed by atoms with Gasteiger partial charge in [-0.2, -0.15) is 0 Å². The molecule has 4 rings (SSSR count). The summed E-state index contributed by atoms with van der Waals surface area (Å²) in [5, 5.41) is 3.04. The SMILES string of the molecule is COc1cc(/C=C/C(=O)NC(c2ccccc2)c2ccccn2)cc2c1OCCO2. The van der Waals surface area contributed by atoms with Crippen LogP contribution in [0.25, 0.3) is 6.08 Å². The second kappa shape index (κ2) is 9.13. The van der Waals surface area contributed by atoms with E-state index in [1.807, 2.05) is 60.7 Å². The summed E-state index contributed by atoms with van der Waals surface area (Å²) >= 11 is 0. The van der Waals surface area contributed by atoms with Crippen LogP contribution in [0.1, 0.15) is 22.9 Å². The molecule has 30 heavy (non-hydrogen) atoms. The number of nitrogens with one attached hydrogen (secondary N) is 1. The van der Waals surface area contributed by atoms with Gasteiger partial charge >= 0.3 is 0 Å². The standard InChI is InChI=1S/C24H22N2O4/c1-28-20-15-17(16-21-24(20)30-14-13-29-21)10-11-22(27)26-23(18-7-3-2-4-8-18)19-9-5-6-12-25-19/h2-12,15-16,23H,13-14H2,1H3,(H,26,27)/b11-10+. The molecule has 1 N–H and O–H groups in total. The van der Waals surface area contributed by atoms with Crippen LogP contribution in [0.15, 0.2) is 72.9 Å². The Bertz CT molecular complexity index is 979. The molecule has 1 aromatic heterocycles. The van der Waals surface area contributed by atoms with E-state index in [0.29, 0.717) is 30.5 Å². The Kier molecular flexibility index (Phi) is 5.94. The van der Waals surface area contributed by atoms with E-state index in [1.54, 1.807) is 19.4 Å². The van der Waals surface area contributed by atoms with E-state index in [1.165, 1.54) is 6.08 Å². The van der Waals surface area contributed by atoms with Crippen LogP contribution in [0, 0.1) is 0 Å². The number of ether oxygens (including phenoxy) is 3. The molecule has 2 heterocycles. The van der Waals surface area contributed by atoms with Crippen LogP contribution in [0.3, 0.4) is 0 Å². The lowest BCUT2D eigenvalue weighted by Gasteiger charge is -2.21. The minimum Gasteiger partial charge on any atom is -0.493 e. The van der Waals surface area contributed by atoms with Crippen molar-refractivity contribution < 1.29 is 19.0 Å². The maximum atomic E-state index is 12.7. The lowest BCUT2D eigenvalue weighted by atomic mass is 10.0. The summed E-state index contributed by atoms with van der Waals surface area (Å²) in [6.07, 6.45) is 4.93. The predicted molar refractivity (Wildman–Crippen MR) is 114 cm³/mol. The van der Waals surface area contributed by atoms with E-state index < -0.39 is 0 Å². The number of carbonyl (C=O) groups excluding carboxylic acids is 1. The van der Waals surface area contributed by atoms with Crippen molar-refractivity contribution in [2.24, 2.45) is 0 Å². The second-order valence-corrected chi connectivity index (χ2v) is 6.69. The third-order valence-electron chi connectivity index (χ3n) is 4.68. The van der Waals surface area contributed by atoms with E-state index in [2.05, 4.69) is 10.3 Å². The van der Waals surface area contributed by atoms with Gasteiger partial charge in [0.25, 0.3) is 0 Å². The fourth-order valence-electron chi connectivity index (χ4n) is 3.27. The zero-order valence-corrected chi connectivity index (χ0v) is 16.6. The summed E-state index contributed by atoms with van der Waals surface area (Å²) in [6, 6.07) is 18.7. The maximum absolute atomic E-state index is 12.7. The van der Waals surface area contributed by atoms with Crippen LogP contribution < -0.4 is 19.5 Å². The molecule has 2 aromatic carbocycles. The number of fused-ring (bicyclic) bond motifs is 1. The Morgan fingerprint density at radius 1 is 1.10 bits per heavy atom. The van der Waals surface area contributed by atoms with Crippen molar-refractivity contribution in [3.8, 4) is 17.2 Å². The van der Waals surface area contributed by atoms with Gasteiger partial charge in [-0.1, -0.05) is 36.4 Å². The molecule has 6 nitrogen and oxygen atoms in total. The number of hydrogen-bond acceptors (Lipinski definition) is 5. The molecule has 0 bridgehead atoms. The summed E-state index contributed by atoms with van der Waals surface area (Å²) in [4.78, 5) is 17.1. The topological polar surface area (TPSA) is 69.7 Å². The summed E-state index contributed by atoms with van der Waals surface area (Å²) in [5.41, 5.74) is 2.51. The number of nitrogens with zero attached hydrogens (tertiary/aromatic N) is 1. The van der Waals surface area contributed by atoms with Crippen LogP contribution in [-0.4, -0.2) is 31.2 Å². The predicted octanol–water partition coefficient (Wildman–Crippen LogP) is 3.78. The summed E-state index contributed by atoms with van der Waals surface area (Å²) in [6.45, 7) is 0.960. The normalized spacial score (nSPS) is 13.6. The number of aromatic nitrogens is 1. The van der Waals surface area contributed by atoms with Gasteiger partial charge in [-0.05, 0) is 41.5 Å². The van der Waals surface area contributed by atoms with Gasteiger partial charge in [-0.3, -0.25) is 9.78 Å². The third kappa shape index (κ3) is 4.43. The van der Waals surface area contributed by atoms with Crippen LogP contribution in [0.2, 0.25) is 0 Å². The molecule has 1 aliphatic rings. The monoisotopic (exact) mass is 402 g/mol. The Hall–Kier alpha value is -3.80. The molecule has 0 spiro atoms. The number of amides is 1. The molecule has 0 radical (unpaired) electrons. The molecule has 0 fully saturated rings. The van der Waals surface area contributed by atoms with Crippen molar-refractivity contribution in [2.45, 2.75) is 6.04 Å². The van der Waals surface area contributed by atoms with Crippen molar-refractivity contribution in [3.63, 3.8) is 0 Å². The first-order chi connectivity index (χ1) is 14.7. The van der Waals surface area contributed by atoms with E-state index in [-0.39, 0.29) is 11.9 Å². The molecule has 1 aliphatic heterocycles. The zero-order valence-electron chi connectivity index (χ0n) is 16.6. The van der Waals surface area contributed by atoms with E-state index in [9.17, 15) is 4.79 Å². The third-order valence-corrected chi connectivity index (χ3v) is 4.68. The summed E-state index contributed by atoms with van der Waals surface area (Å²) in [7, 11) is 1.57. The van der Waals surface area contributed by atoms with Crippen molar-refractivity contribution >= 4 is 12.0 Å². The molecule has 1 amide bonds. The van der Waals surface area contributed by atoms with Gasteiger partial charge in [-0.25, -0.2) is 0 Å². The summed E-state index contributed by atoms with van der Waals surface area (Å²) in [5.74, 6) is 1.53. The highest BCUT2D eigenvalue weighted by atomic mass is 16.6. The number of methoxy groups -OCH3 is 1. The largest absolute Gasteiger partial charge is 0.493 e. The average molecular weight is 402 g/mol. The molecule has 0 saturated heterocycles. The molecule has 152 valence electrons. The Morgan fingerprint density at radius 2 is 1.90 bits per heavy atom. The van der Waals surface area contributed by atoms with E-state index in [0.717, 1.165) is 16.8 Å². The van der Waals surface area contributed by atoms with Crippen molar-refractivity contribution in [3.05, 3.63) is 89.8 Å². The van der Waals surface area contributed by atoms with Crippen LogP contribution in [0.5, 0.6) is 17.2 Å². The fraction of sp³-hybridized carbons (Fsp3) is 0.167. The lowest BCUT2D eigenvalue weighted by molar-refractivity contribution is -0.116. The first-order valence-electron chi connectivity index (χ1n) is 9.66. The Labute approximate surface area is 175 Å². The minimum atomic E-state index is -0.348. The number of benzene rings is 2. The highest BCUT2D eigenvalue weighted by Crippen LogP contribution is 2.40. The molecule has 6 heteroatoms. The van der Waals surface area contributed by atoms with Crippen LogP contribution >= 0.6 is 0 Å². The van der Waals surface area contributed by atoms with Gasteiger partial charge in [0.2, 0.25) is 11.7 Å². The molecular weight excluding hydrogens is 380 g/mol. The molecule has 1 unspecified atom stereocenters. The minimum absolute atomic E-state index is 0.233. The lowest BCUT2D eigenvalue weighted by Crippen LogP contribution is -2.28. The van der Waals surface area contributed by atoms with E-state index >= 15 is 0 Å². The molecule has 1 atom stereocenters. The zero-order chi connectivity index (χ0) is 20.8. The van der Waals surface area contributed by atoms with Crippen LogP contribution in [-0.2, 0) is 4.79 Å². The highest BCUT2D eigenvalue weighted by Gasteiger charge is 2.19. The maximum Gasteiger partial charge on any atom is 0.244 e. The number of rotatable bonds is 6. The van der Waals surface area contributed by atoms with Crippen LogP contribution in [0.4, 0.5) is 0 Å². The van der Waals surface area contributed by atoms with Gasteiger partial charge in [0.15, 0.2) is 11.5 Å². The smallest absolute Gasteiger partial charge is 0.244 e. The quantitative estimate of drug-likeness (QED) is 0.636. The number of pyridine rings is 1. The van der Waals surface area contributed by atoms with Gasteiger partial charge in [-0.15, -0.1) is 0 Å². The molecular formula is C24H22N2O4. The Balaban J connectivity index is 1.55. The first-order valence-corrected chi connectivity index (χ1v) is 9.66. The fourth-order valence-corrected chi connectivity index (χ4v) is 3.27. The van der Waals surface area contributed by atoms with Crippen molar-refractivity contribution in [1.82, 2.24) is 10.3 Å². The molecule has 0 aliphatic carbocycles. The van der Waals surface area contributed by atoms with Gasteiger partial charge in [0.1, 0.15) is 13.2 Å². The van der Waals surface area contributed by atoms with E-state index in [4.69, 9.17) is 14.2 Å². The van der Waals surface area contributed by atoms with Crippen molar-refractivity contribution in [1.29, 1.82) is 0 Å². The second-order valence-electron chi connectivity index (χ2n) is 6.69. The van der Waals surface area contributed by atoms with Gasteiger partial charge < -0.3 is 19.5 Å². The van der Waals surface area contributed by atoms with Gasteiger partial charge in [0, 0.05) is 12.3 Å². The Morgan fingerprint density at radius 3 is 2.67 bits per heavy atom.